The number of rotatable bonds is 3. The second-order valence-electron chi connectivity index (χ2n) is 8.57. The van der Waals surface area contributed by atoms with Crippen LogP contribution in [0.25, 0.3) is 22.0 Å². The van der Waals surface area contributed by atoms with Crippen LogP contribution in [0.2, 0.25) is 0 Å². The highest BCUT2D eigenvalue weighted by atomic mass is 16.6. The molecule has 0 amide bonds. The number of aromatic nitrogens is 1. The van der Waals surface area contributed by atoms with Crippen molar-refractivity contribution in [1.82, 2.24) is 4.57 Å². The standard InChI is InChI=1S/C27H25NO3/c1-18-24(25(29)20-13-9-6-10-14-20)22-17-21(19-11-7-5-8-12-19)15-16-23(22)28(18)26(30)31-27(2,3)4/h5-17H,1-4H3. The molecule has 0 aliphatic carbocycles. The summed E-state index contributed by atoms with van der Waals surface area (Å²) in [6, 6.07) is 24.9. The van der Waals surface area contributed by atoms with Crippen molar-refractivity contribution in [2.24, 2.45) is 0 Å². The van der Waals surface area contributed by atoms with Gasteiger partial charge in [0.25, 0.3) is 0 Å². The van der Waals surface area contributed by atoms with Crippen LogP contribution >= 0.6 is 0 Å². The molecule has 4 aromatic rings. The molecule has 3 aromatic carbocycles. The Morgan fingerprint density at radius 1 is 0.806 bits per heavy atom. The molecule has 4 heteroatoms. The number of nitrogens with zero attached hydrogens (tertiary/aromatic N) is 1. The zero-order valence-corrected chi connectivity index (χ0v) is 18.2. The average molecular weight is 412 g/mol. The minimum Gasteiger partial charge on any atom is -0.443 e. The van der Waals surface area contributed by atoms with Crippen molar-refractivity contribution in [3.05, 3.63) is 95.7 Å². The van der Waals surface area contributed by atoms with E-state index in [1.807, 2.05) is 87.5 Å². The van der Waals surface area contributed by atoms with Gasteiger partial charge < -0.3 is 4.74 Å². The summed E-state index contributed by atoms with van der Waals surface area (Å²) in [6.07, 6.45) is -0.491. The van der Waals surface area contributed by atoms with Gasteiger partial charge in [-0.05, 0) is 51.0 Å². The van der Waals surface area contributed by atoms with Crippen molar-refractivity contribution in [3.8, 4) is 11.1 Å². The van der Waals surface area contributed by atoms with E-state index < -0.39 is 11.7 Å². The van der Waals surface area contributed by atoms with E-state index in [4.69, 9.17) is 4.74 Å². The monoisotopic (exact) mass is 411 g/mol. The first-order valence-electron chi connectivity index (χ1n) is 10.3. The van der Waals surface area contributed by atoms with Gasteiger partial charge in [0, 0.05) is 16.6 Å². The minimum absolute atomic E-state index is 0.115. The van der Waals surface area contributed by atoms with Crippen LogP contribution in [0.5, 0.6) is 0 Å². The molecule has 0 bridgehead atoms. The van der Waals surface area contributed by atoms with Crippen LogP contribution in [0.4, 0.5) is 4.79 Å². The van der Waals surface area contributed by atoms with Crippen LogP contribution < -0.4 is 0 Å². The molecule has 0 saturated heterocycles. The summed E-state index contributed by atoms with van der Waals surface area (Å²) < 4.78 is 7.14. The molecule has 0 radical (unpaired) electrons. The van der Waals surface area contributed by atoms with Gasteiger partial charge in [-0.25, -0.2) is 9.36 Å². The lowest BCUT2D eigenvalue weighted by molar-refractivity contribution is 0.0541. The summed E-state index contributed by atoms with van der Waals surface area (Å²) >= 11 is 0. The van der Waals surface area contributed by atoms with Crippen LogP contribution in [0, 0.1) is 6.92 Å². The number of ketones is 1. The summed E-state index contributed by atoms with van der Waals surface area (Å²) in [5.41, 5.74) is 3.72. The van der Waals surface area contributed by atoms with Crippen molar-refractivity contribution in [2.75, 3.05) is 0 Å². The van der Waals surface area contributed by atoms with E-state index in [2.05, 4.69) is 0 Å². The molecule has 1 heterocycles. The number of hydrogen-bond donors (Lipinski definition) is 0. The second-order valence-corrected chi connectivity index (χ2v) is 8.57. The van der Waals surface area contributed by atoms with Crippen molar-refractivity contribution in [2.45, 2.75) is 33.3 Å². The Bertz CT molecular complexity index is 1260. The molecule has 0 spiro atoms. The first kappa shape index (κ1) is 20.6. The van der Waals surface area contributed by atoms with Crippen LogP contribution in [-0.2, 0) is 4.74 Å². The number of benzene rings is 3. The highest BCUT2D eigenvalue weighted by molar-refractivity contribution is 6.19. The number of ether oxygens (including phenoxy) is 1. The Balaban J connectivity index is 1.96. The van der Waals surface area contributed by atoms with Gasteiger partial charge in [0.2, 0.25) is 0 Å². The lowest BCUT2D eigenvalue weighted by atomic mass is 9.97. The van der Waals surface area contributed by atoms with E-state index >= 15 is 0 Å². The third-order valence-electron chi connectivity index (χ3n) is 5.15. The lowest BCUT2D eigenvalue weighted by Crippen LogP contribution is -2.27. The van der Waals surface area contributed by atoms with E-state index in [9.17, 15) is 9.59 Å². The van der Waals surface area contributed by atoms with Crippen LogP contribution in [0.1, 0.15) is 42.4 Å². The number of fused-ring (bicyclic) bond motifs is 1. The molecular weight excluding hydrogens is 386 g/mol. The number of carbonyl (C=O) groups is 2. The molecule has 31 heavy (non-hydrogen) atoms. The largest absolute Gasteiger partial charge is 0.443 e. The van der Waals surface area contributed by atoms with Gasteiger partial charge >= 0.3 is 6.09 Å². The molecule has 4 nitrogen and oxygen atoms in total. The SMILES string of the molecule is Cc1c(C(=O)c2ccccc2)c2cc(-c3ccccc3)ccc2n1C(=O)OC(C)(C)C. The molecule has 0 fully saturated rings. The summed E-state index contributed by atoms with van der Waals surface area (Å²) in [5, 5.41) is 0.735. The summed E-state index contributed by atoms with van der Waals surface area (Å²) in [5.74, 6) is -0.115. The summed E-state index contributed by atoms with van der Waals surface area (Å²) in [7, 11) is 0. The lowest BCUT2D eigenvalue weighted by Gasteiger charge is -2.20. The molecule has 0 atom stereocenters. The van der Waals surface area contributed by atoms with Crippen molar-refractivity contribution in [3.63, 3.8) is 0 Å². The Hall–Kier alpha value is -3.66. The third-order valence-corrected chi connectivity index (χ3v) is 5.15. The highest BCUT2D eigenvalue weighted by Crippen LogP contribution is 2.32. The fraction of sp³-hybridized carbons (Fsp3) is 0.185. The molecule has 0 N–H and O–H groups in total. The fourth-order valence-corrected chi connectivity index (χ4v) is 3.79. The van der Waals surface area contributed by atoms with Crippen LogP contribution in [0.15, 0.2) is 78.9 Å². The molecule has 0 saturated carbocycles. The number of carbonyl (C=O) groups excluding carboxylic acids is 2. The van der Waals surface area contributed by atoms with Gasteiger partial charge in [-0.2, -0.15) is 0 Å². The Labute approximate surface area is 182 Å². The zero-order chi connectivity index (χ0) is 22.2. The van der Waals surface area contributed by atoms with Gasteiger partial charge in [0.15, 0.2) is 5.78 Å². The smallest absolute Gasteiger partial charge is 0.419 e. The fourth-order valence-electron chi connectivity index (χ4n) is 3.79. The van der Waals surface area contributed by atoms with Crippen LogP contribution in [-0.4, -0.2) is 22.0 Å². The van der Waals surface area contributed by atoms with Gasteiger partial charge in [-0.1, -0.05) is 66.7 Å². The molecule has 0 unspecified atom stereocenters. The van der Waals surface area contributed by atoms with Crippen molar-refractivity contribution in [1.29, 1.82) is 0 Å². The van der Waals surface area contributed by atoms with Gasteiger partial charge in [-0.15, -0.1) is 0 Å². The first-order valence-corrected chi connectivity index (χ1v) is 10.3. The predicted molar refractivity (Wildman–Crippen MR) is 124 cm³/mol. The van der Waals surface area contributed by atoms with Gasteiger partial charge in [0.05, 0.1) is 11.1 Å². The van der Waals surface area contributed by atoms with E-state index in [1.165, 1.54) is 4.57 Å². The quantitative estimate of drug-likeness (QED) is 0.355. The Morgan fingerprint density at radius 2 is 1.42 bits per heavy atom. The molecular formula is C27H25NO3. The van der Waals surface area contributed by atoms with E-state index in [0.29, 0.717) is 22.3 Å². The first-order chi connectivity index (χ1) is 14.8. The molecule has 0 aliphatic heterocycles. The maximum Gasteiger partial charge on any atom is 0.419 e. The average Bonchev–Trinajstić information content (AvgIpc) is 3.04. The Kier molecular flexibility index (Phi) is 5.24. The molecule has 4 rings (SSSR count). The topological polar surface area (TPSA) is 48.3 Å². The maximum atomic E-state index is 13.5. The Morgan fingerprint density at radius 3 is 2.03 bits per heavy atom. The molecule has 156 valence electrons. The number of hydrogen-bond acceptors (Lipinski definition) is 3. The predicted octanol–water partition coefficient (Wildman–Crippen LogP) is 6.63. The minimum atomic E-state index is -0.645. The highest BCUT2D eigenvalue weighted by Gasteiger charge is 2.27. The summed E-state index contributed by atoms with van der Waals surface area (Å²) in [6.45, 7) is 7.28. The molecule has 0 aliphatic rings. The van der Waals surface area contributed by atoms with Crippen molar-refractivity contribution < 1.29 is 14.3 Å². The van der Waals surface area contributed by atoms with E-state index in [1.54, 1.807) is 19.1 Å². The van der Waals surface area contributed by atoms with Crippen LogP contribution in [0.3, 0.4) is 0 Å². The van der Waals surface area contributed by atoms with Gasteiger partial charge in [-0.3, -0.25) is 4.79 Å². The second kappa shape index (κ2) is 7.88. The normalized spacial score (nSPS) is 11.5. The third kappa shape index (κ3) is 4.02. The maximum absolute atomic E-state index is 13.5. The van der Waals surface area contributed by atoms with Gasteiger partial charge in [0.1, 0.15) is 5.60 Å². The zero-order valence-electron chi connectivity index (χ0n) is 18.2. The molecule has 1 aromatic heterocycles. The van der Waals surface area contributed by atoms with E-state index in [0.717, 1.165) is 16.5 Å². The summed E-state index contributed by atoms with van der Waals surface area (Å²) in [4.78, 5) is 26.5. The van der Waals surface area contributed by atoms with Crippen molar-refractivity contribution >= 4 is 22.8 Å². The van der Waals surface area contributed by atoms with E-state index in [-0.39, 0.29) is 5.78 Å².